The maximum absolute atomic E-state index is 12.8. The van der Waals surface area contributed by atoms with Crippen molar-refractivity contribution in [2.24, 2.45) is 5.92 Å². The Morgan fingerprint density at radius 3 is 2.43 bits per heavy atom. The van der Waals surface area contributed by atoms with Crippen LogP contribution in [-0.4, -0.2) is 68.6 Å². The van der Waals surface area contributed by atoms with E-state index in [4.69, 9.17) is 4.74 Å². The third-order valence-corrected chi connectivity index (χ3v) is 5.54. The summed E-state index contributed by atoms with van der Waals surface area (Å²) in [6, 6.07) is 6.07. The number of nitrogens with zero attached hydrogens (tertiary/aromatic N) is 1. The fourth-order valence-electron chi connectivity index (χ4n) is 3.80. The van der Waals surface area contributed by atoms with Gasteiger partial charge in [0.05, 0.1) is 6.10 Å². The van der Waals surface area contributed by atoms with Crippen LogP contribution in [0.5, 0.6) is 0 Å². The summed E-state index contributed by atoms with van der Waals surface area (Å²) in [6.07, 6.45) is 0.112. The van der Waals surface area contributed by atoms with Crippen LogP contribution >= 0.6 is 0 Å². The molecule has 0 bridgehead atoms. The van der Waals surface area contributed by atoms with Gasteiger partial charge in [-0.15, -0.1) is 0 Å². The average Bonchev–Trinajstić information content (AvgIpc) is 3.05. The van der Waals surface area contributed by atoms with E-state index in [9.17, 15) is 14.4 Å². The summed E-state index contributed by atoms with van der Waals surface area (Å²) in [7, 11) is 0. The van der Waals surface area contributed by atoms with Gasteiger partial charge in [0.15, 0.2) is 5.78 Å². The van der Waals surface area contributed by atoms with Gasteiger partial charge in [-0.2, -0.15) is 0 Å². The molecule has 2 aliphatic heterocycles. The molecule has 0 unspecified atom stereocenters. The van der Waals surface area contributed by atoms with Gasteiger partial charge in [-0.05, 0) is 43.5 Å². The highest BCUT2D eigenvalue weighted by Gasteiger charge is 2.35. The molecule has 0 spiro atoms. The van der Waals surface area contributed by atoms with Gasteiger partial charge < -0.3 is 25.6 Å². The van der Waals surface area contributed by atoms with Crippen molar-refractivity contribution >= 4 is 23.3 Å². The van der Waals surface area contributed by atoms with Gasteiger partial charge in [-0.1, -0.05) is 13.8 Å². The molecule has 2 amide bonds. The first-order valence-corrected chi connectivity index (χ1v) is 10.7. The summed E-state index contributed by atoms with van der Waals surface area (Å²) in [4.78, 5) is 39.8. The zero-order chi connectivity index (χ0) is 21.7. The maximum atomic E-state index is 12.8. The van der Waals surface area contributed by atoms with Crippen LogP contribution in [0.15, 0.2) is 24.3 Å². The number of hydrogen-bond acceptors (Lipinski definition) is 6. The number of Topliss-reactive ketones (excluding diaryl/α,β-unsaturated/α-hetero) is 1. The Balaban J connectivity index is 1.64. The van der Waals surface area contributed by atoms with E-state index < -0.39 is 12.1 Å². The first-order valence-electron chi connectivity index (χ1n) is 10.7. The predicted octanol–water partition coefficient (Wildman–Crippen LogP) is 0.713. The Hall–Kier alpha value is -2.45. The first kappa shape index (κ1) is 22.2. The number of carbonyl (C=O) groups excluding carboxylic acids is 3. The van der Waals surface area contributed by atoms with Crippen molar-refractivity contribution in [3.8, 4) is 0 Å². The van der Waals surface area contributed by atoms with Crippen molar-refractivity contribution in [3.63, 3.8) is 0 Å². The van der Waals surface area contributed by atoms with Gasteiger partial charge >= 0.3 is 0 Å². The monoisotopic (exact) mass is 416 g/mol. The van der Waals surface area contributed by atoms with Crippen LogP contribution in [-0.2, 0) is 14.3 Å². The number of amides is 2. The number of ketones is 1. The molecule has 3 N–H and O–H groups in total. The van der Waals surface area contributed by atoms with Crippen LogP contribution in [0.25, 0.3) is 0 Å². The number of carbonyl (C=O) groups is 3. The van der Waals surface area contributed by atoms with Crippen LogP contribution in [0.2, 0.25) is 0 Å². The van der Waals surface area contributed by atoms with E-state index >= 15 is 0 Å². The molecule has 2 aliphatic rings. The molecule has 1 aromatic carbocycles. The van der Waals surface area contributed by atoms with Crippen LogP contribution in [0.4, 0.5) is 5.69 Å². The Bertz CT molecular complexity index is 759. The summed E-state index contributed by atoms with van der Waals surface area (Å²) in [6.45, 7) is 9.50. The molecule has 2 fully saturated rings. The molecule has 3 rings (SSSR count). The number of nitrogens with one attached hydrogen (secondary N) is 3. The highest BCUT2D eigenvalue weighted by molar-refractivity contribution is 5.99. The van der Waals surface area contributed by atoms with E-state index in [2.05, 4.69) is 20.9 Å². The lowest BCUT2D eigenvalue weighted by molar-refractivity contribution is -0.127. The van der Waals surface area contributed by atoms with Crippen LogP contribution in [0.1, 0.15) is 37.6 Å². The molecule has 0 radical (unpaired) electrons. The second-order valence-corrected chi connectivity index (χ2v) is 8.41. The lowest BCUT2D eigenvalue weighted by atomic mass is 10.0. The van der Waals surface area contributed by atoms with E-state index in [1.54, 1.807) is 19.1 Å². The molecule has 0 saturated carbocycles. The fourth-order valence-corrected chi connectivity index (χ4v) is 3.80. The van der Waals surface area contributed by atoms with Crippen LogP contribution < -0.4 is 20.9 Å². The van der Waals surface area contributed by atoms with Crippen molar-refractivity contribution in [2.45, 2.75) is 45.4 Å². The number of ether oxygens (including phenoxy) is 1. The van der Waals surface area contributed by atoms with Gasteiger partial charge in [0, 0.05) is 37.4 Å². The lowest BCUT2D eigenvalue weighted by Gasteiger charge is -2.29. The van der Waals surface area contributed by atoms with E-state index in [-0.39, 0.29) is 36.2 Å². The molecule has 8 heteroatoms. The fraction of sp³-hybridized carbons (Fsp3) is 0.591. The second kappa shape index (κ2) is 10.0. The Kier molecular flexibility index (Phi) is 7.44. The molecular weight excluding hydrogens is 384 g/mol. The quantitative estimate of drug-likeness (QED) is 0.606. The number of rotatable bonds is 7. The van der Waals surface area contributed by atoms with E-state index in [1.807, 2.05) is 26.0 Å². The Morgan fingerprint density at radius 1 is 1.20 bits per heavy atom. The predicted molar refractivity (Wildman–Crippen MR) is 115 cm³/mol. The Morgan fingerprint density at radius 2 is 1.87 bits per heavy atom. The van der Waals surface area contributed by atoms with Gasteiger partial charge in [0.1, 0.15) is 18.7 Å². The maximum Gasteiger partial charge on any atom is 0.251 e. The van der Waals surface area contributed by atoms with Crippen molar-refractivity contribution in [1.29, 1.82) is 0 Å². The van der Waals surface area contributed by atoms with Crippen LogP contribution in [0.3, 0.4) is 0 Å². The zero-order valence-corrected chi connectivity index (χ0v) is 17.9. The second-order valence-electron chi connectivity index (χ2n) is 8.41. The minimum atomic E-state index is -0.717. The SMILES string of the molecule is CC(C)C[C@H](NC(=O)c1ccc(N2CCNCC2)cc1)C(=O)N[C@H]1C(=O)CO[C@@H]1C. The molecule has 2 saturated heterocycles. The molecule has 30 heavy (non-hydrogen) atoms. The molecule has 164 valence electrons. The van der Waals surface area contributed by atoms with Crippen molar-refractivity contribution < 1.29 is 19.1 Å². The standard InChI is InChI=1S/C22H32N4O4/c1-14(2)12-18(22(29)25-20-15(3)30-13-19(20)27)24-21(28)16-4-6-17(7-5-16)26-10-8-23-9-11-26/h4-7,14-15,18,20,23H,8-13H2,1-3H3,(H,24,28)(H,25,29)/t15-,18+,20-/m1/s1. The summed E-state index contributed by atoms with van der Waals surface area (Å²) in [5.41, 5.74) is 1.59. The number of hydrogen-bond donors (Lipinski definition) is 3. The first-order chi connectivity index (χ1) is 14.3. The molecular formula is C22H32N4O4. The number of benzene rings is 1. The highest BCUT2D eigenvalue weighted by Crippen LogP contribution is 2.17. The molecule has 0 aromatic heterocycles. The third kappa shape index (κ3) is 5.58. The highest BCUT2D eigenvalue weighted by atomic mass is 16.5. The van der Waals surface area contributed by atoms with Crippen molar-refractivity contribution in [2.75, 3.05) is 37.7 Å². The van der Waals surface area contributed by atoms with E-state index in [0.29, 0.717) is 12.0 Å². The number of piperazine rings is 1. The van der Waals surface area contributed by atoms with E-state index in [1.165, 1.54) is 0 Å². The zero-order valence-electron chi connectivity index (χ0n) is 17.9. The molecule has 0 aliphatic carbocycles. The minimum Gasteiger partial charge on any atom is -0.369 e. The summed E-state index contributed by atoms with van der Waals surface area (Å²) in [5.74, 6) is -0.604. The molecule has 8 nitrogen and oxygen atoms in total. The minimum absolute atomic E-state index is 0.00670. The van der Waals surface area contributed by atoms with Crippen LogP contribution in [0, 0.1) is 5.92 Å². The third-order valence-electron chi connectivity index (χ3n) is 5.54. The molecule has 2 heterocycles. The topological polar surface area (TPSA) is 99.8 Å². The summed E-state index contributed by atoms with van der Waals surface area (Å²) >= 11 is 0. The van der Waals surface area contributed by atoms with E-state index in [0.717, 1.165) is 31.9 Å². The average molecular weight is 417 g/mol. The van der Waals surface area contributed by atoms with Gasteiger partial charge in [0.25, 0.3) is 5.91 Å². The van der Waals surface area contributed by atoms with Gasteiger partial charge in [-0.25, -0.2) is 0 Å². The number of anilines is 1. The molecule has 1 aromatic rings. The van der Waals surface area contributed by atoms with Crippen molar-refractivity contribution in [3.05, 3.63) is 29.8 Å². The van der Waals surface area contributed by atoms with Gasteiger partial charge in [0.2, 0.25) is 5.91 Å². The smallest absolute Gasteiger partial charge is 0.251 e. The largest absolute Gasteiger partial charge is 0.369 e. The normalized spacial score (nSPS) is 22.8. The molecule has 3 atom stereocenters. The summed E-state index contributed by atoms with van der Waals surface area (Å²) in [5, 5.41) is 8.91. The summed E-state index contributed by atoms with van der Waals surface area (Å²) < 4.78 is 5.29. The van der Waals surface area contributed by atoms with Crippen molar-refractivity contribution in [1.82, 2.24) is 16.0 Å². The Labute approximate surface area is 177 Å². The lowest BCUT2D eigenvalue weighted by Crippen LogP contribution is -2.53. The van der Waals surface area contributed by atoms with Gasteiger partial charge in [-0.3, -0.25) is 14.4 Å².